The lowest BCUT2D eigenvalue weighted by Gasteiger charge is -2.28. The number of benzene rings is 1. The van der Waals surface area contributed by atoms with Gasteiger partial charge < -0.3 is 21.1 Å². The molecular weight excluding hydrogens is 406 g/mol. The standard InChI is InChI=1S/C23H31N7O2/c1-14-11-32-12-18(29-14)23(31)26-10-15-6-8-16(9-7-15)20(24)19-21(25)27-13-28-22(19)30-17-4-2-3-5-17/h6-9,13-14,17-18,24,29H,2-5,10-12H2,1H3,(H,26,31)(H3,25,27,28,30). The van der Waals surface area contributed by atoms with Gasteiger partial charge in [-0.15, -0.1) is 0 Å². The summed E-state index contributed by atoms with van der Waals surface area (Å²) < 4.78 is 5.44. The Bertz CT molecular complexity index is 957. The minimum absolute atomic E-state index is 0.0785. The third kappa shape index (κ3) is 5.23. The van der Waals surface area contributed by atoms with E-state index in [1.54, 1.807) is 0 Å². The average molecular weight is 438 g/mol. The van der Waals surface area contributed by atoms with Gasteiger partial charge >= 0.3 is 0 Å². The first kappa shape index (κ1) is 22.2. The predicted octanol–water partition coefficient (Wildman–Crippen LogP) is 1.82. The molecule has 0 bridgehead atoms. The van der Waals surface area contributed by atoms with E-state index in [9.17, 15) is 4.79 Å². The second kappa shape index (κ2) is 10.1. The molecule has 2 unspecified atom stereocenters. The molecule has 2 aliphatic rings. The maximum Gasteiger partial charge on any atom is 0.239 e. The lowest BCUT2D eigenvalue weighted by molar-refractivity contribution is -0.126. The fraction of sp³-hybridized carbons (Fsp3) is 0.478. The summed E-state index contributed by atoms with van der Waals surface area (Å²) in [5.74, 6) is 0.825. The van der Waals surface area contributed by atoms with Crippen molar-refractivity contribution in [3.05, 3.63) is 47.3 Å². The van der Waals surface area contributed by atoms with Crippen LogP contribution in [0.1, 0.15) is 49.3 Å². The van der Waals surface area contributed by atoms with Crippen LogP contribution in [0.3, 0.4) is 0 Å². The van der Waals surface area contributed by atoms with Gasteiger partial charge in [-0.1, -0.05) is 37.1 Å². The van der Waals surface area contributed by atoms with Crippen LogP contribution >= 0.6 is 0 Å². The summed E-state index contributed by atoms with van der Waals surface area (Å²) in [5, 5.41) is 18.4. The molecule has 2 atom stereocenters. The number of amides is 1. The Balaban J connectivity index is 1.40. The van der Waals surface area contributed by atoms with Gasteiger partial charge in [-0.25, -0.2) is 9.97 Å². The molecule has 6 N–H and O–H groups in total. The minimum atomic E-state index is -0.335. The molecule has 2 heterocycles. The number of nitrogens with zero attached hydrogens (tertiary/aromatic N) is 2. The van der Waals surface area contributed by atoms with Gasteiger partial charge in [0.25, 0.3) is 0 Å². The molecule has 4 rings (SSSR count). The lowest BCUT2D eigenvalue weighted by Crippen LogP contribution is -2.54. The summed E-state index contributed by atoms with van der Waals surface area (Å²) in [6.07, 6.45) is 6.02. The maximum absolute atomic E-state index is 12.4. The van der Waals surface area contributed by atoms with Gasteiger partial charge in [0.15, 0.2) is 0 Å². The van der Waals surface area contributed by atoms with Crippen LogP contribution in [-0.4, -0.2) is 52.9 Å². The molecule has 1 amide bonds. The molecule has 1 aliphatic heterocycles. The molecule has 170 valence electrons. The summed E-state index contributed by atoms with van der Waals surface area (Å²) >= 11 is 0. The third-order valence-electron chi connectivity index (χ3n) is 5.99. The highest BCUT2D eigenvalue weighted by Gasteiger charge is 2.25. The van der Waals surface area contributed by atoms with Crippen molar-refractivity contribution in [2.75, 3.05) is 24.3 Å². The highest BCUT2D eigenvalue weighted by atomic mass is 16.5. The van der Waals surface area contributed by atoms with Crippen LogP contribution in [-0.2, 0) is 16.1 Å². The number of rotatable bonds is 7. The van der Waals surface area contributed by atoms with Crippen molar-refractivity contribution < 1.29 is 9.53 Å². The first-order chi connectivity index (χ1) is 15.5. The Morgan fingerprint density at radius 2 is 1.97 bits per heavy atom. The van der Waals surface area contributed by atoms with Crippen molar-refractivity contribution in [1.82, 2.24) is 20.6 Å². The number of hydrogen-bond donors (Lipinski definition) is 5. The molecule has 32 heavy (non-hydrogen) atoms. The van der Waals surface area contributed by atoms with Crippen LogP contribution in [0.15, 0.2) is 30.6 Å². The Morgan fingerprint density at radius 1 is 1.22 bits per heavy atom. The zero-order valence-electron chi connectivity index (χ0n) is 18.4. The highest BCUT2D eigenvalue weighted by molar-refractivity contribution is 6.16. The number of nitrogen functional groups attached to an aromatic ring is 1. The van der Waals surface area contributed by atoms with E-state index < -0.39 is 0 Å². The molecule has 2 aromatic rings. The van der Waals surface area contributed by atoms with Crippen LogP contribution in [0, 0.1) is 5.41 Å². The van der Waals surface area contributed by atoms with Crippen LogP contribution in [0.25, 0.3) is 0 Å². The Morgan fingerprint density at radius 3 is 2.69 bits per heavy atom. The lowest BCUT2D eigenvalue weighted by atomic mass is 10.0. The van der Waals surface area contributed by atoms with Gasteiger partial charge in [-0.2, -0.15) is 0 Å². The Hall–Kier alpha value is -3.04. The zero-order valence-corrected chi connectivity index (χ0v) is 18.4. The van der Waals surface area contributed by atoms with E-state index in [2.05, 4.69) is 25.9 Å². The van der Waals surface area contributed by atoms with Crippen molar-refractivity contribution in [2.45, 2.75) is 57.3 Å². The quantitative estimate of drug-likeness (QED) is 0.417. The van der Waals surface area contributed by atoms with Crippen molar-refractivity contribution >= 4 is 23.3 Å². The highest BCUT2D eigenvalue weighted by Crippen LogP contribution is 2.26. The molecule has 9 nitrogen and oxygen atoms in total. The third-order valence-corrected chi connectivity index (χ3v) is 5.99. The molecule has 1 saturated carbocycles. The van der Waals surface area contributed by atoms with Crippen LogP contribution in [0.4, 0.5) is 11.6 Å². The molecule has 1 aromatic heterocycles. The van der Waals surface area contributed by atoms with E-state index in [0.29, 0.717) is 48.6 Å². The molecule has 9 heteroatoms. The molecular formula is C23H31N7O2. The summed E-state index contributed by atoms with van der Waals surface area (Å²) in [5.41, 5.74) is 8.59. The number of carbonyl (C=O) groups is 1. The molecule has 2 fully saturated rings. The van der Waals surface area contributed by atoms with Gasteiger partial charge in [0.1, 0.15) is 24.0 Å². The van der Waals surface area contributed by atoms with Gasteiger partial charge in [0.05, 0.1) is 24.5 Å². The largest absolute Gasteiger partial charge is 0.383 e. The number of morpholine rings is 1. The van der Waals surface area contributed by atoms with E-state index in [1.807, 2.05) is 31.2 Å². The van der Waals surface area contributed by atoms with Crippen molar-refractivity contribution in [3.63, 3.8) is 0 Å². The smallest absolute Gasteiger partial charge is 0.239 e. The van der Waals surface area contributed by atoms with Crippen molar-refractivity contribution in [1.29, 1.82) is 5.41 Å². The molecule has 0 radical (unpaired) electrons. The number of nitrogens with two attached hydrogens (primary N) is 1. The number of nitrogens with one attached hydrogen (secondary N) is 4. The maximum atomic E-state index is 12.4. The minimum Gasteiger partial charge on any atom is -0.383 e. The van der Waals surface area contributed by atoms with E-state index in [4.69, 9.17) is 15.9 Å². The number of anilines is 2. The number of hydrogen-bond acceptors (Lipinski definition) is 8. The van der Waals surface area contributed by atoms with Crippen molar-refractivity contribution in [2.24, 2.45) is 0 Å². The van der Waals surface area contributed by atoms with E-state index in [1.165, 1.54) is 19.2 Å². The molecule has 1 aromatic carbocycles. The number of carbonyl (C=O) groups excluding carboxylic acids is 1. The molecule has 1 aliphatic carbocycles. The van der Waals surface area contributed by atoms with E-state index in [0.717, 1.165) is 18.4 Å². The SMILES string of the molecule is CC1COCC(C(=O)NCc2ccc(C(=N)c3c(N)ncnc3NC3CCCC3)cc2)N1. The molecule has 0 spiro atoms. The van der Waals surface area contributed by atoms with Crippen LogP contribution in [0.2, 0.25) is 0 Å². The Kier molecular flexibility index (Phi) is 6.96. The zero-order chi connectivity index (χ0) is 22.5. The summed E-state index contributed by atoms with van der Waals surface area (Å²) in [4.78, 5) is 20.8. The summed E-state index contributed by atoms with van der Waals surface area (Å²) in [7, 11) is 0. The van der Waals surface area contributed by atoms with Gasteiger partial charge in [0.2, 0.25) is 5.91 Å². The molecule has 1 saturated heterocycles. The average Bonchev–Trinajstić information content (AvgIpc) is 3.31. The first-order valence-corrected chi connectivity index (χ1v) is 11.2. The van der Waals surface area contributed by atoms with Gasteiger partial charge in [0, 0.05) is 24.2 Å². The van der Waals surface area contributed by atoms with E-state index >= 15 is 0 Å². The fourth-order valence-corrected chi connectivity index (χ4v) is 4.22. The van der Waals surface area contributed by atoms with Gasteiger partial charge in [-0.05, 0) is 25.3 Å². The topological polar surface area (TPSA) is 138 Å². The normalized spacial score (nSPS) is 21.3. The van der Waals surface area contributed by atoms with Crippen LogP contribution in [0.5, 0.6) is 0 Å². The first-order valence-electron chi connectivity index (χ1n) is 11.2. The van der Waals surface area contributed by atoms with E-state index in [-0.39, 0.29) is 23.7 Å². The summed E-state index contributed by atoms with van der Waals surface area (Å²) in [6, 6.07) is 7.71. The fourth-order valence-electron chi connectivity index (χ4n) is 4.22. The second-order valence-electron chi connectivity index (χ2n) is 8.56. The van der Waals surface area contributed by atoms with Gasteiger partial charge in [-0.3, -0.25) is 15.5 Å². The summed E-state index contributed by atoms with van der Waals surface area (Å²) in [6.45, 7) is 3.40. The Labute approximate surface area is 188 Å². The van der Waals surface area contributed by atoms with Crippen LogP contribution < -0.4 is 21.7 Å². The monoisotopic (exact) mass is 437 g/mol. The predicted molar refractivity (Wildman–Crippen MR) is 124 cm³/mol. The van der Waals surface area contributed by atoms with Crippen molar-refractivity contribution in [3.8, 4) is 0 Å². The number of aromatic nitrogens is 2. The number of ether oxygens (including phenoxy) is 1. The second-order valence-corrected chi connectivity index (χ2v) is 8.56.